The molecular formula is C22H19NS. The van der Waals surface area contributed by atoms with Gasteiger partial charge >= 0.3 is 0 Å². The minimum absolute atomic E-state index is 0.561. The van der Waals surface area contributed by atoms with Gasteiger partial charge in [0.25, 0.3) is 0 Å². The third kappa shape index (κ3) is 1.81. The molecule has 0 saturated carbocycles. The van der Waals surface area contributed by atoms with E-state index < -0.39 is 0 Å². The van der Waals surface area contributed by atoms with Crippen molar-refractivity contribution in [1.82, 2.24) is 4.57 Å². The van der Waals surface area contributed by atoms with Crippen LogP contribution in [0.2, 0.25) is 0 Å². The maximum atomic E-state index is 2.38. The molecule has 0 radical (unpaired) electrons. The number of fused-ring (bicyclic) bond motifs is 6. The maximum Gasteiger partial charge on any atom is 0.0495 e. The average molecular weight is 329 g/mol. The van der Waals surface area contributed by atoms with Crippen LogP contribution < -0.4 is 0 Å². The van der Waals surface area contributed by atoms with Crippen molar-refractivity contribution in [2.45, 2.75) is 19.8 Å². The Morgan fingerprint density at radius 3 is 2.38 bits per heavy atom. The maximum absolute atomic E-state index is 2.38. The fourth-order valence-corrected chi connectivity index (χ4v) is 4.91. The first-order valence-electron chi connectivity index (χ1n) is 8.47. The Morgan fingerprint density at radius 1 is 0.750 bits per heavy atom. The highest BCUT2D eigenvalue weighted by molar-refractivity contribution is 7.25. The van der Waals surface area contributed by atoms with Crippen molar-refractivity contribution in [2.24, 2.45) is 7.05 Å². The van der Waals surface area contributed by atoms with E-state index in [-0.39, 0.29) is 0 Å². The van der Waals surface area contributed by atoms with Gasteiger partial charge in [-0.25, -0.2) is 0 Å². The van der Waals surface area contributed by atoms with Gasteiger partial charge in [0, 0.05) is 49.0 Å². The Bertz CT molecular complexity index is 1240. The molecule has 24 heavy (non-hydrogen) atoms. The van der Waals surface area contributed by atoms with Crippen molar-refractivity contribution >= 4 is 53.3 Å². The van der Waals surface area contributed by atoms with Crippen LogP contribution in [0.15, 0.2) is 54.6 Å². The van der Waals surface area contributed by atoms with Crippen molar-refractivity contribution in [3.8, 4) is 0 Å². The number of rotatable bonds is 1. The summed E-state index contributed by atoms with van der Waals surface area (Å²) >= 11 is 1.91. The van der Waals surface area contributed by atoms with Gasteiger partial charge in [0.05, 0.1) is 0 Å². The van der Waals surface area contributed by atoms with E-state index in [1.54, 1.807) is 0 Å². The first-order valence-corrected chi connectivity index (χ1v) is 9.28. The summed E-state index contributed by atoms with van der Waals surface area (Å²) in [5.74, 6) is 0.561. The lowest BCUT2D eigenvalue weighted by molar-refractivity contribution is 0.869. The predicted molar refractivity (Wildman–Crippen MR) is 107 cm³/mol. The van der Waals surface area contributed by atoms with Gasteiger partial charge in [0.15, 0.2) is 0 Å². The Balaban J connectivity index is 1.95. The van der Waals surface area contributed by atoms with E-state index in [1.165, 1.54) is 47.5 Å². The quantitative estimate of drug-likeness (QED) is 0.318. The summed E-state index contributed by atoms with van der Waals surface area (Å²) in [6, 6.07) is 20.4. The van der Waals surface area contributed by atoms with Crippen LogP contribution in [0.3, 0.4) is 0 Å². The molecule has 2 heterocycles. The first-order chi connectivity index (χ1) is 11.6. The van der Waals surface area contributed by atoms with Gasteiger partial charge < -0.3 is 4.57 Å². The molecule has 1 nitrogen and oxygen atoms in total. The number of nitrogens with zero attached hydrogens (tertiary/aromatic N) is 1. The molecule has 0 aliphatic rings. The van der Waals surface area contributed by atoms with Crippen LogP contribution in [0.4, 0.5) is 0 Å². The second-order valence-electron chi connectivity index (χ2n) is 6.95. The van der Waals surface area contributed by atoms with E-state index in [2.05, 4.69) is 80.1 Å². The zero-order chi connectivity index (χ0) is 16.4. The summed E-state index contributed by atoms with van der Waals surface area (Å²) in [4.78, 5) is 0. The normalized spacial score (nSPS) is 12.3. The van der Waals surface area contributed by atoms with Crippen molar-refractivity contribution in [1.29, 1.82) is 0 Å². The molecule has 0 amide bonds. The van der Waals surface area contributed by atoms with E-state index in [0.717, 1.165) is 0 Å². The summed E-state index contributed by atoms with van der Waals surface area (Å²) < 4.78 is 5.09. The standard InChI is InChI=1S/C22H19NS/c1-13(2)14-8-9-21-17(10-14)18-11-20-16(12-22(18)24-21)15-6-4-5-7-19(15)23(20)3/h4-13H,1-3H3. The Kier molecular flexibility index (Phi) is 2.84. The molecule has 0 unspecified atom stereocenters. The highest BCUT2D eigenvalue weighted by atomic mass is 32.1. The SMILES string of the molecule is CC(C)c1ccc2sc3cc4c5ccccc5n(C)c4cc3c2c1. The largest absolute Gasteiger partial charge is 0.344 e. The van der Waals surface area contributed by atoms with Crippen molar-refractivity contribution < 1.29 is 0 Å². The number of thiophene rings is 1. The molecule has 0 bridgehead atoms. The highest BCUT2D eigenvalue weighted by Gasteiger charge is 2.13. The number of aryl methyl sites for hydroxylation is 1. The number of hydrogen-bond acceptors (Lipinski definition) is 1. The molecule has 0 fully saturated rings. The summed E-state index contributed by atoms with van der Waals surface area (Å²) in [6.45, 7) is 4.52. The topological polar surface area (TPSA) is 4.93 Å². The van der Waals surface area contributed by atoms with Gasteiger partial charge in [0.1, 0.15) is 0 Å². The van der Waals surface area contributed by atoms with Crippen LogP contribution in [0, 0.1) is 0 Å². The third-order valence-electron chi connectivity index (χ3n) is 5.20. The van der Waals surface area contributed by atoms with E-state index in [9.17, 15) is 0 Å². The monoisotopic (exact) mass is 329 g/mol. The molecular weight excluding hydrogens is 310 g/mol. The average Bonchev–Trinajstić information content (AvgIpc) is 3.09. The molecule has 118 valence electrons. The minimum Gasteiger partial charge on any atom is -0.344 e. The first kappa shape index (κ1) is 14.1. The molecule has 0 aliphatic carbocycles. The molecule has 2 heteroatoms. The van der Waals surface area contributed by atoms with Crippen molar-refractivity contribution in [3.05, 3.63) is 60.2 Å². The number of benzene rings is 3. The molecule has 0 atom stereocenters. The summed E-state index contributed by atoms with van der Waals surface area (Å²) in [5, 5.41) is 5.48. The lowest BCUT2D eigenvalue weighted by atomic mass is 10.0. The van der Waals surface area contributed by atoms with E-state index in [0.29, 0.717) is 5.92 Å². The Morgan fingerprint density at radius 2 is 1.54 bits per heavy atom. The highest BCUT2D eigenvalue weighted by Crippen LogP contribution is 2.40. The van der Waals surface area contributed by atoms with Crippen LogP contribution in [0.5, 0.6) is 0 Å². The molecule has 0 aliphatic heterocycles. The fraction of sp³-hybridized carbons (Fsp3) is 0.182. The zero-order valence-electron chi connectivity index (χ0n) is 14.1. The van der Waals surface area contributed by atoms with Crippen molar-refractivity contribution in [2.75, 3.05) is 0 Å². The van der Waals surface area contributed by atoms with Gasteiger partial charge in [-0.3, -0.25) is 0 Å². The fourth-order valence-electron chi connectivity index (χ4n) is 3.80. The number of hydrogen-bond donors (Lipinski definition) is 0. The molecule has 2 aromatic heterocycles. The molecule has 5 rings (SSSR count). The number of para-hydroxylation sites is 1. The van der Waals surface area contributed by atoms with Crippen LogP contribution in [-0.4, -0.2) is 4.57 Å². The number of aromatic nitrogens is 1. The van der Waals surface area contributed by atoms with Gasteiger partial charge in [-0.1, -0.05) is 38.1 Å². The zero-order valence-corrected chi connectivity index (χ0v) is 14.9. The van der Waals surface area contributed by atoms with Gasteiger partial charge in [-0.15, -0.1) is 11.3 Å². The molecule has 3 aromatic carbocycles. The van der Waals surface area contributed by atoms with Gasteiger partial charge in [0.2, 0.25) is 0 Å². The lowest BCUT2D eigenvalue weighted by Crippen LogP contribution is -1.86. The second-order valence-corrected chi connectivity index (χ2v) is 8.04. The van der Waals surface area contributed by atoms with E-state index in [1.807, 2.05) is 11.3 Å². The molecule has 0 saturated heterocycles. The summed E-state index contributed by atoms with van der Waals surface area (Å²) in [5.41, 5.74) is 4.04. The summed E-state index contributed by atoms with van der Waals surface area (Å²) in [7, 11) is 2.17. The molecule has 0 spiro atoms. The Hall–Kier alpha value is -2.32. The summed E-state index contributed by atoms with van der Waals surface area (Å²) in [6.07, 6.45) is 0. The molecule has 0 N–H and O–H groups in total. The Labute approximate surface area is 145 Å². The molecule has 5 aromatic rings. The van der Waals surface area contributed by atoms with Gasteiger partial charge in [-0.05, 0) is 41.8 Å². The van der Waals surface area contributed by atoms with Crippen LogP contribution in [0.25, 0.3) is 42.0 Å². The van der Waals surface area contributed by atoms with Gasteiger partial charge in [-0.2, -0.15) is 0 Å². The van der Waals surface area contributed by atoms with Crippen LogP contribution in [0.1, 0.15) is 25.3 Å². The third-order valence-corrected chi connectivity index (χ3v) is 6.33. The van der Waals surface area contributed by atoms with E-state index >= 15 is 0 Å². The van der Waals surface area contributed by atoms with Crippen molar-refractivity contribution in [3.63, 3.8) is 0 Å². The lowest BCUT2D eigenvalue weighted by Gasteiger charge is -2.05. The second kappa shape index (κ2) is 4.84. The van der Waals surface area contributed by atoms with E-state index in [4.69, 9.17) is 0 Å². The minimum atomic E-state index is 0.561. The smallest absolute Gasteiger partial charge is 0.0495 e. The van der Waals surface area contributed by atoms with Crippen LogP contribution in [-0.2, 0) is 7.05 Å². The van der Waals surface area contributed by atoms with Crippen LogP contribution >= 0.6 is 11.3 Å². The predicted octanol–water partition coefficient (Wildman–Crippen LogP) is 6.82.